The van der Waals surface area contributed by atoms with Gasteiger partial charge in [0.1, 0.15) is 16.0 Å². The van der Waals surface area contributed by atoms with Gasteiger partial charge in [0, 0.05) is 10.0 Å². The molecule has 3 heterocycles. The lowest BCUT2D eigenvalue weighted by Gasteiger charge is -1.96. The summed E-state index contributed by atoms with van der Waals surface area (Å²) in [5.74, 6) is 0.246. The highest BCUT2D eigenvalue weighted by molar-refractivity contribution is 9.10. The predicted molar refractivity (Wildman–Crippen MR) is 95.4 cm³/mol. The Hall–Kier alpha value is -2.32. The normalized spacial score (nSPS) is 11.3. The van der Waals surface area contributed by atoms with Gasteiger partial charge in [0.2, 0.25) is 0 Å². The van der Waals surface area contributed by atoms with Crippen molar-refractivity contribution < 1.29 is 9.53 Å². The van der Waals surface area contributed by atoms with Crippen molar-refractivity contribution in [2.45, 2.75) is 6.92 Å². The van der Waals surface area contributed by atoms with Crippen LogP contribution in [0.15, 0.2) is 35.1 Å². The molecule has 4 rings (SSSR count). The van der Waals surface area contributed by atoms with Gasteiger partial charge in [-0.05, 0) is 24.6 Å². The maximum Gasteiger partial charge on any atom is 0.348 e. The fraction of sp³-hybridized carbons (Fsp3) is 0.125. The van der Waals surface area contributed by atoms with E-state index in [0.29, 0.717) is 16.3 Å². The second-order valence-corrected chi connectivity index (χ2v) is 7.10. The largest absolute Gasteiger partial charge is 0.465 e. The van der Waals surface area contributed by atoms with Crippen LogP contribution >= 0.6 is 27.3 Å². The first-order chi connectivity index (χ1) is 11.6. The van der Waals surface area contributed by atoms with Crippen molar-refractivity contribution >= 4 is 49.1 Å². The van der Waals surface area contributed by atoms with Gasteiger partial charge in [0.15, 0.2) is 11.5 Å². The fourth-order valence-corrected chi connectivity index (χ4v) is 4.03. The molecule has 0 aliphatic rings. The molecular weight excluding hydrogens is 392 g/mol. The number of rotatable bonds is 2. The summed E-state index contributed by atoms with van der Waals surface area (Å²) in [6, 6.07) is 7.79. The molecule has 3 aromatic heterocycles. The number of hydrogen-bond donors (Lipinski definition) is 0. The van der Waals surface area contributed by atoms with Crippen LogP contribution in [0.4, 0.5) is 0 Å². The van der Waals surface area contributed by atoms with E-state index in [-0.39, 0.29) is 5.97 Å². The van der Waals surface area contributed by atoms with Crippen LogP contribution in [0.5, 0.6) is 0 Å². The number of nitrogens with zero attached hydrogens (tertiary/aromatic N) is 4. The summed E-state index contributed by atoms with van der Waals surface area (Å²) >= 11 is 4.76. The summed E-state index contributed by atoms with van der Waals surface area (Å²) in [5, 5.41) is 5.33. The van der Waals surface area contributed by atoms with E-state index in [1.54, 1.807) is 10.8 Å². The van der Waals surface area contributed by atoms with Crippen LogP contribution in [0.1, 0.15) is 15.2 Å². The van der Waals surface area contributed by atoms with Crippen LogP contribution < -0.4 is 0 Å². The Balaban J connectivity index is 1.98. The van der Waals surface area contributed by atoms with Crippen LogP contribution in [0, 0.1) is 6.92 Å². The van der Waals surface area contributed by atoms with Gasteiger partial charge in [0.05, 0.1) is 12.5 Å². The number of esters is 1. The van der Waals surface area contributed by atoms with Gasteiger partial charge < -0.3 is 4.74 Å². The molecular formula is C16H11BrN4O2S. The van der Waals surface area contributed by atoms with E-state index < -0.39 is 0 Å². The molecule has 0 radical (unpaired) electrons. The van der Waals surface area contributed by atoms with Crippen molar-refractivity contribution in [2.75, 3.05) is 7.11 Å². The molecule has 0 saturated heterocycles. The molecule has 8 heteroatoms. The van der Waals surface area contributed by atoms with E-state index in [2.05, 4.69) is 31.0 Å². The highest BCUT2D eigenvalue weighted by Crippen LogP contribution is 2.33. The molecule has 0 spiro atoms. The first-order valence-electron chi connectivity index (χ1n) is 7.07. The smallest absolute Gasteiger partial charge is 0.348 e. The van der Waals surface area contributed by atoms with Crippen molar-refractivity contribution in [3.05, 3.63) is 45.5 Å². The zero-order valence-corrected chi connectivity index (χ0v) is 15.2. The maximum atomic E-state index is 11.9. The number of carbonyl (C=O) groups is 1. The number of hydrogen-bond acceptors (Lipinski definition) is 6. The number of halogens is 1. The van der Waals surface area contributed by atoms with Gasteiger partial charge in [-0.15, -0.1) is 16.4 Å². The minimum Gasteiger partial charge on any atom is -0.465 e. The number of aryl methyl sites for hydroxylation is 1. The third-order valence-electron chi connectivity index (χ3n) is 3.72. The average Bonchev–Trinajstić information content (AvgIpc) is 3.15. The number of aromatic nitrogens is 4. The molecule has 0 bridgehead atoms. The molecule has 0 amide bonds. The Labute approximate surface area is 149 Å². The highest BCUT2D eigenvalue weighted by atomic mass is 79.9. The molecule has 1 aromatic carbocycles. The van der Waals surface area contributed by atoms with E-state index in [4.69, 9.17) is 4.74 Å². The minimum atomic E-state index is -0.361. The maximum absolute atomic E-state index is 11.9. The number of ether oxygens (including phenoxy) is 1. The molecule has 4 aromatic rings. The van der Waals surface area contributed by atoms with Crippen molar-refractivity contribution in [1.82, 2.24) is 19.6 Å². The summed E-state index contributed by atoms with van der Waals surface area (Å²) in [6.07, 6.45) is 1.61. The number of benzene rings is 1. The van der Waals surface area contributed by atoms with Gasteiger partial charge in [0.25, 0.3) is 0 Å². The highest BCUT2D eigenvalue weighted by Gasteiger charge is 2.20. The minimum absolute atomic E-state index is 0.361. The third-order valence-corrected chi connectivity index (χ3v) is 5.39. The molecule has 0 aliphatic carbocycles. The topological polar surface area (TPSA) is 69.4 Å². The average molecular weight is 403 g/mol. The van der Waals surface area contributed by atoms with Crippen LogP contribution in [0.25, 0.3) is 27.3 Å². The molecule has 120 valence electrons. The Morgan fingerprint density at radius 1 is 1.38 bits per heavy atom. The summed E-state index contributed by atoms with van der Waals surface area (Å²) in [4.78, 5) is 22.3. The summed E-state index contributed by atoms with van der Waals surface area (Å²) in [5.41, 5.74) is 2.40. The van der Waals surface area contributed by atoms with E-state index >= 15 is 0 Å². The zero-order chi connectivity index (χ0) is 16.8. The second-order valence-electron chi connectivity index (χ2n) is 5.19. The SMILES string of the molecule is COC(=O)c1sc2ncn3nc(-c4cccc(Br)c4)nc3c2c1C. The van der Waals surface area contributed by atoms with Gasteiger partial charge in [-0.1, -0.05) is 28.1 Å². The van der Waals surface area contributed by atoms with Crippen molar-refractivity contribution in [1.29, 1.82) is 0 Å². The molecule has 0 atom stereocenters. The Bertz CT molecular complexity index is 1100. The zero-order valence-electron chi connectivity index (χ0n) is 12.8. The molecule has 6 nitrogen and oxygen atoms in total. The number of thiophene rings is 1. The van der Waals surface area contributed by atoms with Gasteiger partial charge in [-0.25, -0.2) is 19.3 Å². The predicted octanol–water partition coefficient (Wildman–Crippen LogP) is 3.86. The summed E-state index contributed by atoms with van der Waals surface area (Å²) in [6.45, 7) is 1.88. The molecule has 24 heavy (non-hydrogen) atoms. The van der Waals surface area contributed by atoms with E-state index in [0.717, 1.165) is 25.8 Å². The van der Waals surface area contributed by atoms with E-state index in [1.165, 1.54) is 18.4 Å². The van der Waals surface area contributed by atoms with Gasteiger partial charge in [-0.3, -0.25) is 0 Å². The molecule has 0 fully saturated rings. The van der Waals surface area contributed by atoms with E-state index in [9.17, 15) is 4.79 Å². The second kappa shape index (κ2) is 5.64. The van der Waals surface area contributed by atoms with Crippen molar-refractivity contribution in [3.63, 3.8) is 0 Å². The van der Waals surface area contributed by atoms with Crippen LogP contribution in [0.3, 0.4) is 0 Å². The number of carbonyl (C=O) groups excluding carboxylic acids is 1. The van der Waals surface area contributed by atoms with Crippen LogP contribution in [-0.4, -0.2) is 32.7 Å². The Kier molecular flexibility index (Phi) is 3.58. The number of fused-ring (bicyclic) bond motifs is 3. The van der Waals surface area contributed by atoms with Crippen LogP contribution in [-0.2, 0) is 4.74 Å². The molecule has 0 N–H and O–H groups in total. The lowest BCUT2D eigenvalue weighted by Crippen LogP contribution is -1.99. The molecule has 0 saturated carbocycles. The lowest BCUT2D eigenvalue weighted by atomic mass is 10.2. The molecule has 0 aliphatic heterocycles. The fourth-order valence-electron chi connectivity index (χ4n) is 2.57. The summed E-state index contributed by atoms with van der Waals surface area (Å²) < 4.78 is 7.44. The third kappa shape index (κ3) is 2.30. The van der Waals surface area contributed by atoms with Gasteiger partial charge >= 0.3 is 5.97 Å². The Morgan fingerprint density at radius 3 is 2.96 bits per heavy atom. The van der Waals surface area contributed by atoms with Gasteiger partial charge in [-0.2, -0.15) is 0 Å². The first-order valence-corrected chi connectivity index (χ1v) is 8.68. The Morgan fingerprint density at radius 2 is 2.21 bits per heavy atom. The standard InChI is InChI=1S/C16H11BrN4O2S/c1-8-11-14-19-13(9-4-3-5-10(17)6-9)20-21(14)7-18-15(11)24-12(8)16(22)23-2/h3-7H,1-2H3. The van der Waals surface area contributed by atoms with Crippen molar-refractivity contribution in [3.8, 4) is 11.4 Å². The number of methoxy groups -OCH3 is 1. The van der Waals surface area contributed by atoms with Crippen LogP contribution in [0.2, 0.25) is 0 Å². The quantitative estimate of drug-likeness (QED) is 0.476. The van der Waals surface area contributed by atoms with Crippen molar-refractivity contribution in [2.24, 2.45) is 0 Å². The van der Waals surface area contributed by atoms with E-state index in [1.807, 2.05) is 31.2 Å². The monoisotopic (exact) mass is 402 g/mol. The lowest BCUT2D eigenvalue weighted by molar-refractivity contribution is 0.0605. The molecule has 0 unspecified atom stereocenters. The first kappa shape index (κ1) is 15.2. The summed E-state index contributed by atoms with van der Waals surface area (Å²) in [7, 11) is 1.37.